The summed E-state index contributed by atoms with van der Waals surface area (Å²) in [4.78, 5) is 11.9. The van der Waals surface area contributed by atoms with Crippen LogP contribution in [0.15, 0.2) is 36.7 Å². The zero-order valence-corrected chi connectivity index (χ0v) is 12.4. The molecule has 0 aromatic carbocycles. The summed E-state index contributed by atoms with van der Waals surface area (Å²) >= 11 is 0. The Bertz CT molecular complexity index is 775. The molecule has 1 amide bonds. The van der Waals surface area contributed by atoms with Gasteiger partial charge in [0.1, 0.15) is 11.5 Å². The SMILES string of the molecule is CCn1ccc(C(=O)NCCCc2nnc3ccccn23)n1. The molecule has 3 aromatic rings. The van der Waals surface area contributed by atoms with E-state index < -0.39 is 0 Å². The van der Waals surface area contributed by atoms with E-state index in [0.717, 1.165) is 30.9 Å². The minimum atomic E-state index is -0.140. The molecule has 0 aliphatic heterocycles. The number of hydrogen-bond acceptors (Lipinski definition) is 4. The van der Waals surface area contributed by atoms with Crippen molar-refractivity contribution in [2.24, 2.45) is 0 Å². The molecule has 0 aliphatic rings. The maximum absolute atomic E-state index is 11.9. The Hall–Kier alpha value is -2.70. The molecule has 7 nitrogen and oxygen atoms in total. The largest absolute Gasteiger partial charge is 0.351 e. The number of nitrogens with one attached hydrogen (secondary N) is 1. The third-order valence-corrected chi connectivity index (χ3v) is 3.44. The standard InChI is InChI=1S/C15H18N6O/c1-2-20-11-8-12(19-20)15(22)16-9-5-7-14-18-17-13-6-3-4-10-21(13)14/h3-4,6,8,10-11H,2,5,7,9H2,1H3,(H,16,22). The van der Waals surface area contributed by atoms with Crippen molar-refractivity contribution in [3.8, 4) is 0 Å². The lowest BCUT2D eigenvalue weighted by atomic mass is 10.3. The fourth-order valence-electron chi connectivity index (χ4n) is 2.26. The molecule has 0 bridgehead atoms. The number of aromatic nitrogens is 5. The Balaban J connectivity index is 1.50. The molecule has 3 aromatic heterocycles. The third-order valence-electron chi connectivity index (χ3n) is 3.44. The van der Waals surface area contributed by atoms with Gasteiger partial charge in [0.25, 0.3) is 5.91 Å². The Morgan fingerprint density at radius 2 is 2.14 bits per heavy atom. The number of carbonyl (C=O) groups is 1. The van der Waals surface area contributed by atoms with Gasteiger partial charge < -0.3 is 5.32 Å². The van der Waals surface area contributed by atoms with E-state index in [4.69, 9.17) is 0 Å². The molecule has 3 heterocycles. The first kappa shape index (κ1) is 14.2. The second-order valence-electron chi connectivity index (χ2n) is 4.96. The first-order chi connectivity index (χ1) is 10.8. The lowest BCUT2D eigenvalue weighted by Gasteiger charge is -2.03. The average Bonchev–Trinajstić information content (AvgIpc) is 3.18. The second kappa shape index (κ2) is 6.38. The molecule has 3 rings (SSSR count). The lowest BCUT2D eigenvalue weighted by molar-refractivity contribution is 0.0947. The van der Waals surface area contributed by atoms with Crippen molar-refractivity contribution in [1.82, 2.24) is 29.7 Å². The fraction of sp³-hybridized carbons (Fsp3) is 0.333. The van der Waals surface area contributed by atoms with Crippen molar-refractivity contribution < 1.29 is 4.79 Å². The third kappa shape index (κ3) is 2.98. The van der Waals surface area contributed by atoms with E-state index in [-0.39, 0.29) is 5.91 Å². The molecule has 7 heteroatoms. The number of pyridine rings is 1. The van der Waals surface area contributed by atoms with Crippen LogP contribution in [0, 0.1) is 0 Å². The van der Waals surface area contributed by atoms with Gasteiger partial charge in [-0.1, -0.05) is 6.07 Å². The van der Waals surface area contributed by atoms with E-state index in [9.17, 15) is 4.79 Å². The number of nitrogens with zero attached hydrogens (tertiary/aromatic N) is 5. The van der Waals surface area contributed by atoms with Crippen LogP contribution in [0.25, 0.3) is 5.65 Å². The predicted molar refractivity (Wildman–Crippen MR) is 81.5 cm³/mol. The van der Waals surface area contributed by atoms with Crippen LogP contribution in [-0.2, 0) is 13.0 Å². The van der Waals surface area contributed by atoms with E-state index in [1.54, 1.807) is 16.9 Å². The Morgan fingerprint density at radius 3 is 2.95 bits per heavy atom. The zero-order valence-electron chi connectivity index (χ0n) is 12.4. The molecule has 0 fully saturated rings. The van der Waals surface area contributed by atoms with Gasteiger partial charge in [0.05, 0.1) is 0 Å². The first-order valence-electron chi connectivity index (χ1n) is 7.38. The van der Waals surface area contributed by atoms with Gasteiger partial charge in [0, 0.05) is 31.9 Å². The quantitative estimate of drug-likeness (QED) is 0.696. The highest BCUT2D eigenvalue weighted by Gasteiger charge is 2.09. The molecule has 114 valence electrons. The van der Waals surface area contributed by atoms with Crippen molar-refractivity contribution in [3.63, 3.8) is 0 Å². The average molecular weight is 298 g/mol. The fourth-order valence-corrected chi connectivity index (χ4v) is 2.26. The van der Waals surface area contributed by atoms with Crippen molar-refractivity contribution in [3.05, 3.63) is 48.2 Å². The molecule has 0 atom stereocenters. The van der Waals surface area contributed by atoms with Crippen LogP contribution in [0.1, 0.15) is 29.7 Å². The summed E-state index contributed by atoms with van der Waals surface area (Å²) < 4.78 is 3.70. The molecule has 0 spiro atoms. The number of hydrogen-bond donors (Lipinski definition) is 1. The van der Waals surface area contributed by atoms with Crippen molar-refractivity contribution >= 4 is 11.6 Å². The van der Waals surface area contributed by atoms with Gasteiger partial charge in [-0.25, -0.2) is 0 Å². The number of fused-ring (bicyclic) bond motifs is 1. The number of carbonyl (C=O) groups excluding carboxylic acids is 1. The molecule has 1 N–H and O–H groups in total. The maximum atomic E-state index is 11.9. The van der Waals surface area contributed by atoms with Crippen LogP contribution in [0.4, 0.5) is 0 Å². The molecule has 0 unspecified atom stereocenters. The number of aryl methyl sites for hydroxylation is 2. The minimum absolute atomic E-state index is 0.140. The van der Waals surface area contributed by atoms with Gasteiger partial charge in [-0.15, -0.1) is 10.2 Å². The van der Waals surface area contributed by atoms with Crippen LogP contribution in [0.2, 0.25) is 0 Å². The smallest absolute Gasteiger partial charge is 0.271 e. The summed E-state index contributed by atoms with van der Waals surface area (Å²) in [6.07, 6.45) is 5.31. The van der Waals surface area contributed by atoms with Crippen molar-refractivity contribution in [2.45, 2.75) is 26.3 Å². The van der Waals surface area contributed by atoms with E-state index in [0.29, 0.717) is 12.2 Å². The van der Waals surface area contributed by atoms with Crippen molar-refractivity contribution in [1.29, 1.82) is 0 Å². The monoisotopic (exact) mass is 298 g/mol. The summed E-state index contributed by atoms with van der Waals surface area (Å²) in [5.74, 6) is 0.762. The zero-order chi connectivity index (χ0) is 15.4. The summed E-state index contributed by atoms with van der Waals surface area (Å²) in [5.41, 5.74) is 1.29. The molecule has 22 heavy (non-hydrogen) atoms. The van der Waals surface area contributed by atoms with Crippen LogP contribution >= 0.6 is 0 Å². The van der Waals surface area contributed by atoms with Crippen LogP contribution in [0.5, 0.6) is 0 Å². The highest BCUT2D eigenvalue weighted by molar-refractivity contribution is 5.92. The molecule has 0 saturated carbocycles. The van der Waals surface area contributed by atoms with Gasteiger partial charge in [-0.2, -0.15) is 5.10 Å². The normalized spacial score (nSPS) is 11.0. The Kier molecular flexibility index (Phi) is 4.13. The summed E-state index contributed by atoms with van der Waals surface area (Å²) in [7, 11) is 0. The highest BCUT2D eigenvalue weighted by Crippen LogP contribution is 2.04. The Morgan fingerprint density at radius 1 is 1.23 bits per heavy atom. The van der Waals surface area contributed by atoms with E-state index in [2.05, 4.69) is 20.6 Å². The van der Waals surface area contributed by atoms with Gasteiger partial charge in [-0.3, -0.25) is 13.9 Å². The molecule has 0 saturated heterocycles. The minimum Gasteiger partial charge on any atom is -0.351 e. The first-order valence-corrected chi connectivity index (χ1v) is 7.38. The molecule has 0 aliphatic carbocycles. The number of amides is 1. The summed E-state index contributed by atoms with van der Waals surface area (Å²) in [5, 5.41) is 15.3. The van der Waals surface area contributed by atoms with Crippen molar-refractivity contribution in [2.75, 3.05) is 6.54 Å². The second-order valence-corrected chi connectivity index (χ2v) is 4.96. The van der Waals surface area contributed by atoms with E-state index >= 15 is 0 Å². The summed E-state index contributed by atoms with van der Waals surface area (Å²) in [6, 6.07) is 7.53. The molecular weight excluding hydrogens is 280 g/mol. The number of rotatable bonds is 6. The van der Waals surface area contributed by atoms with E-state index in [1.165, 1.54) is 0 Å². The Labute approximate surface area is 128 Å². The highest BCUT2D eigenvalue weighted by atomic mass is 16.1. The van der Waals surface area contributed by atoms with E-state index in [1.807, 2.05) is 35.7 Å². The van der Waals surface area contributed by atoms with Gasteiger partial charge in [0.15, 0.2) is 5.65 Å². The predicted octanol–water partition coefficient (Wildman–Crippen LogP) is 1.31. The van der Waals surface area contributed by atoms with Crippen LogP contribution in [-0.4, -0.2) is 36.8 Å². The van der Waals surface area contributed by atoms with Gasteiger partial charge >= 0.3 is 0 Å². The van der Waals surface area contributed by atoms with Crippen LogP contribution in [0.3, 0.4) is 0 Å². The van der Waals surface area contributed by atoms with Crippen LogP contribution < -0.4 is 5.32 Å². The maximum Gasteiger partial charge on any atom is 0.271 e. The lowest BCUT2D eigenvalue weighted by Crippen LogP contribution is -2.25. The summed E-state index contributed by atoms with van der Waals surface area (Å²) in [6.45, 7) is 3.32. The van der Waals surface area contributed by atoms with Gasteiger partial charge in [0.2, 0.25) is 0 Å². The molecule has 0 radical (unpaired) electrons. The topological polar surface area (TPSA) is 77.1 Å². The van der Waals surface area contributed by atoms with Gasteiger partial charge in [-0.05, 0) is 31.5 Å². The molecular formula is C15H18N6O.